The fourth-order valence-corrected chi connectivity index (χ4v) is 4.09. The van der Waals surface area contributed by atoms with Crippen LogP contribution in [-0.2, 0) is 17.7 Å². The lowest BCUT2D eigenvalue weighted by molar-refractivity contribution is 0.0355. The van der Waals surface area contributed by atoms with E-state index in [1.807, 2.05) is 44.2 Å². The first-order valence-electron chi connectivity index (χ1n) is 9.56. The van der Waals surface area contributed by atoms with Gasteiger partial charge in [-0.05, 0) is 44.2 Å². The van der Waals surface area contributed by atoms with Gasteiger partial charge in [0.1, 0.15) is 24.4 Å². The molecule has 0 saturated heterocycles. The molecule has 0 N–H and O–H groups in total. The number of aryl methyl sites for hydroxylation is 2. The Morgan fingerprint density at radius 3 is 2.59 bits per heavy atom. The number of rotatable bonds is 4. The van der Waals surface area contributed by atoms with Crippen molar-refractivity contribution in [1.82, 2.24) is 14.5 Å². The Hall–Kier alpha value is -2.44. The van der Waals surface area contributed by atoms with Gasteiger partial charge in [0.25, 0.3) is 0 Å². The molecule has 3 aromatic rings. The van der Waals surface area contributed by atoms with Crippen molar-refractivity contribution in [2.24, 2.45) is 0 Å². The van der Waals surface area contributed by atoms with Gasteiger partial charge in [0.2, 0.25) is 0 Å². The van der Waals surface area contributed by atoms with Crippen molar-refractivity contribution in [2.75, 3.05) is 20.4 Å². The molecule has 152 valence electrons. The van der Waals surface area contributed by atoms with E-state index in [0.29, 0.717) is 30.3 Å². The highest BCUT2D eigenvalue weighted by Gasteiger charge is 2.26. The predicted molar refractivity (Wildman–Crippen MR) is 111 cm³/mol. The Kier molecular flexibility index (Phi) is 5.56. The summed E-state index contributed by atoms with van der Waals surface area (Å²) >= 11 is 6.36. The van der Waals surface area contributed by atoms with Crippen molar-refractivity contribution < 1.29 is 13.9 Å². The zero-order chi connectivity index (χ0) is 20.5. The van der Waals surface area contributed by atoms with E-state index in [1.54, 1.807) is 7.11 Å². The highest BCUT2D eigenvalue weighted by atomic mass is 35.5. The zero-order valence-corrected chi connectivity index (χ0v) is 17.5. The molecule has 1 aromatic carbocycles. The minimum Gasteiger partial charge on any atom is -0.495 e. The molecule has 4 rings (SSSR count). The third kappa shape index (κ3) is 3.87. The number of hydrogen-bond donors (Lipinski definition) is 0. The van der Waals surface area contributed by atoms with Crippen molar-refractivity contribution >= 4 is 11.6 Å². The maximum atomic E-state index is 13.5. The van der Waals surface area contributed by atoms with E-state index in [9.17, 15) is 4.39 Å². The van der Waals surface area contributed by atoms with E-state index in [-0.39, 0.29) is 0 Å². The summed E-state index contributed by atoms with van der Waals surface area (Å²) in [5.74, 6) is 1.35. The van der Waals surface area contributed by atoms with Gasteiger partial charge in [-0.15, -0.1) is 0 Å². The lowest BCUT2D eigenvalue weighted by atomic mass is 10.1. The molecule has 0 radical (unpaired) electrons. The summed E-state index contributed by atoms with van der Waals surface area (Å²) in [4.78, 5) is 9.45. The third-order valence-electron chi connectivity index (χ3n) is 5.09. The Labute approximate surface area is 174 Å². The molecule has 0 amide bonds. The smallest absolute Gasteiger partial charge is 0.141 e. The molecular formula is C22H23ClFN3O2. The summed E-state index contributed by atoms with van der Waals surface area (Å²) in [6, 6.07) is 9.63. The number of ether oxygens (including phenoxy) is 2. The minimum absolute atomic E-state index is 0.404. The zero-order valence-electron chi connectivity index (χ0n) is 16.7. The fraction of sp³-hybridized carbons (Fsp3) is 0.364. The van der Waals surface area contributed by atoms with Crippen LogP contribution in [0, 0.1) is 13.8 Å². The first kappa shape index (κ1) is 19.9. The monoisotopic (exact) mass is 415 g/mol. The molecule has 0 spiro atoms. The predicted octanol–water partition coefficient (Wildman–Crippen LogP) is 4.80. The van der Waals surface area contributed by atoms with Crippen LogP contribution in [0.5, 0.6) is 5.75 Å². The maximum absolute atomic E-state index is 13.5. The van der Waals surface area contributed by atoms with Gasteiger partial charge in [0.15, 0.2) is 0 Å². The van der Waals surface area contributed by atoms with Gasteiger partial charge in [0, 0.05) is 34.6 Å². The number of hydrogen-bond acceptors (Lipinski definition) is 4. The van der Waals surface area contributed by atoms with Gasteiger partial charge in [-0.2, -0.15) is 0 Å². The van der Waals surface area contributed by atoms with E-state index in [0.717, 1.165) is 39.7 Å². The number of methoxy groups -OCH3 is 1. The summed E-state index contributed by atoms with van der Waals surface area (Å²) in [7, 11) is 1.58. The van der Waals surface area contributed by atoms with Crippen LogP contribution in [0.25, 0.3) is 22.6 Å². The molecule has 0 fully saturated rings. The highest BCUT2D eigenvalue weighted by molar-refractivity contribution is 6.32. The van der Waals surface area contributed by atoms with Gasteiger partial charge < -0.3 is 14.0 Å². The van der Waals surface area contributed by atoms with Crippen LogP contribution < -0.4 is 4.74 Å². The number of pyridine rings is 1. The molecule has 29 heavy (non-hydrogen) atoms. The number of aromatic nitrogens is 3. The molecular weight excluding hydrogens is 393 g/mol. The summed E-state index contributed by atoms with van der Waals surface area (Å²) in [5.41, 5.74) is 5.63. The van der Waals surface area contributed by atoms with Gasteiger partial charge in [-0.3, -0.25) is 4.98 Å². The minimum atomic E-state index is -0.538. The van der Waals surface area contributed by atoms with Crippen molar-refractivity contribution in [3.05, 3.63) is 52.4 Å². The van der Waals surface area contributed by atoms with E-state index in [2.05, 4.69) is 9.55 Å². The second-order valence-electron chi connectivity index (χ2n) is 7.23. The van der Waals surface area contributed by atoms with E-state index < -0.39 is 12.8 Å². The first-order chi connectivity index (χ1) is 14.0. The van der Waals surface area contributed by atoms with Crippen molar-refractivity contribution in [2.45, 2.75) is 32.9 Å². The molecule has 2 aromatic heterocycles. The van der Waals surface area contributed by atoms with Gasteiger partial charge in [-0.25, -0.2) is 9.37 Å². The Morgan fingerprint density at radius 2 is 1.93 bits per heavy atom. The normalized spacial score (nSPS) is 16.4. The second-order valence-corrected chi connectivity index (χ2v) is 7.63. The average Bonchev–Trinajstić information content (AvgIpc) is 2.90. The standard InChI is InChI=1S/C22H23ClFN3O2/c1-13-8-16(9-14(2)25-13)21-19-6-7-29-17(11-24)12-27(19)22(26-21)15-4-5-20(28-3)18(23)10-15/h4-5,8-10,17H,6-7,11-12H2,1-3H3. The van der Waals surface area contributed by atoms with Crippen LogP contribution >= 0.6 is 11.6 Å². The van der Waals surface area contributed by atoms with Gasteiger partial charge in [-0.1, -0.05) is 11.6 Å². The summed E-state index contributed by atoms with van der Waals surface area (Å²) in [6.45, 7) is 4.26. The van der Waals surface area contributed by atoms with Crippen LogP contribution in [0.15, 0.2) is 30.3 Å². The molecule has 5 nitrogen and oxygen atoms in total. The van der Waals surface area contributed by atoms with Crippen molar-refractivity contribution in [3.8, 4) is 28.4 Å². The van der Waals surface area contributed by atoms with Crippen LogP contribution in [0.2, 0.25) is 5.02 Å². The van der Waals surface area contributed by atoms with Crippen LogP contribution in [0.1, 0.15) is 17.1 Å². The Bertz CT molecular complexity index is 1030. The number of halogens is 2. The van der Waals surface area contributed by atoms with Crippen LogP contribution in [-0.4, -0.2) is 41.0 Å². The van der Waals surface area contributed by atoms with Crippen LogP contribution in [0.4, 0.5) is 4.39 Å². The first-order valence-corrected chi connectivity index (χ1v) is 9.94. The lowest BCUT2D eigenvalue weighted by Crippen LogP contribution is -2.21. The molecule has 1 aliphatic heterocycles. The largest absolute Gasteiger partial charge is 0.495 e. The van der Waals surface area contributed by atoms with E-state index >= 15 is 0 Å². The van der Waals surface area contributed by atoms with Gasteiger partial charge >= 0.3 is 0 Å². The molecule has 0 aliphatic carbocycles. The lowest BCUT2D eigenvalue weighted by Gasteiger charge is -2.14. The van der Waals surface area contributed by atoms with Crippen LogP contribution in [0.3, 0.4) is 0 Å². The molecule has 1 aliphatic rings. The number of nitrogens with zero attached hydrogens (tertiary/aromatic N) is 3. The summed E-state index contributed by atoms with van der Waals surface area (Å²) < 4.78 is 26.5. The number of imidazole rings is 1. The maximum Gasteiger partial charge on any atom is 0.141 e. The summed E-state index contributed by atoms with van der Waals surface area (Å²) in [6.07, 6.45) is 0.162. The quantitative estimate of drug-likeness (QED) is 0.614. The number of benzene rings is 1. The topological polar surface area (TPSA) is 49.2 Å². The Morgan fingerprint density at radius 1 is 1.17 bits per heavy atom. The molecule has 0 saturated carbocycles. The number of alkyl halides is 1. The molecule has 3 heterocycles. The van der Waals surface area contributed by atoms with Crippen molar-refractivity contribution in [1.29, 1.82) is 0 Å². The molecule has 7 heteroatoms. The van der Waals surface area contributed by atoms with E-state index in [1.165, 1.54) is 0 Å². The Balaban J connectivity index is 1.91. The highest BCUT2D eigenvalue weighted by Crippen LogP contribution is 2.35. The fourth-order valence-electron chi connectivity index (χ4n) is 3.84. The second kappa shape index (κ2) is 8.13. The molecule has 1 atom stereocenters. The molecule has 1 unspecified atom stereocenters. The van der Waals surface area contributed by atoms with Crippen molar-refractivity contribution in [3.63, 3.8) is 0 Å². The number of fused-ring (bicyclic) bond motifs is 1. The van der Waals surface area contributed by atoms with Gasteiger partial charge in [0.05, 0.1) is 31.0 Å². The average molecular weight is 416 g/mol. The molecule has 0 bridgehead atoms. The van der Waals surface area contributed by atoms with E-state index in [4.69, 9.17) is 26.1 Å². The summed E-state index contributed by atoms with van der Waals surface area (Å²) in [5, 5.41) is 0.506. The SMILES string of the molecule is COc1ccc(-c2nc(-c3cc(C)nc(C)c3)c3n2CC(CF)OCC3)cc1Cl. The third-order valence-corrected chi connectivity index (χ3v) is 5.38.